The number of aromatic nitrogens is 1. The number of benzene rings is 1. The molecule has 5 nitrogen and oxygen atoms in total. The van der Waals surface area contributed by atoms with Gasteiger partial charge in [0, 0.05) is 31.2 Å². The molecule has 1 aromatic heterocycles. The minimum absolute atomic E-state index is 0.203. The molecule has 5 heteroatoms. The third-order valence-corrected chi connectivity index (χ3v) is 3.99. The summed E-state index contributed by atoms with van der Waals surface area (Å²) >= 11 is 0. The van der Waals surface area contributed by atoms with Gasteiger partial charge in [0.05, 0.1) is 12.2 Å². The number of rotatable bonds is 5. The fourth-order valence-electron chi connectivity index (χ4n) is 3.16. The summed E-state index contributed by atoms with van der Waals surface area (Å²) in [4.78, 5) is 6.59. The molecule has 0 aliphatic carbocycles. The Labute approximate surface area is 136 Å². The maximum absolute atomic E-state index is 10.3. The van der Waals surface area contributed by atoms with Crippen LogP contribution < -0.4 is 4.74 Å². The molecule has 1 aliphatic rings. The number of ether oxygens (including phenoxy) is 2. The highest BCUT2D eigenvalue weighted by molar-refractivity contribution is 5.84. The normalized spacial score (nSPS) is 23.8. The summed E-state index contributed by atoms with van der Waals surface area (Å²) in [5, 5.41) is 11.3. The van der Waals surface area contributed by atoms with Crippen molar-refractivity contribution in [1.82, 2.24) is 9.88 Å². The quantitative estimate of drug-likeness (QED) is 0.915. The van der Waals surface area contributed by atoms with E-state index < -0.39 is 6.10 Å². The van der Waals surface area contributed by atoms with E-state index in [0.717, 1.165) is 24.0 Å². The molecule has 1 N–H and O–H groups in total. The topological polar surface area (TPSA) is 54.8 Å². The highest BCUT2D eigenvalue weighted by Gasteiger charge is 2.24. The van der Waals surface area contributed by atoms with E-state index in [4.69, 9.17) is 9.47 Å². The van der Waals surface area contributed by atoms with Crippen molar-refractivity contribution in [2.45, 2.75) is 32.2 Å². The zero-order chi connectivity index (χ0) is 16.2. The number of para-hydroxylation sites is 1. The van der Waals surface area contributed by atoms with Gasteiger partial charge in [-0.3, -0.25) is 9.88 Å². The Morgan fingerprint density at radius 1 is 1.26 bits per heavy atom. The molecule has 1 aliphatic heterocycles. The fourth-order valence-corrected chi connectivity index (χ4v) is 3.16. The number of β-amino-alcohol motifs (C(OH)–C–C–N with tert-alkyl or cyclic N) is 1. The molecule has 3 rings (SSSR count). The molecule has 2 heterocycles. The van der Waals surface area contributed by atoms with E-state index in [1.807, 2.05) is 30.3 Å². The van der Waals surface area contributed by atoms with E-state index in [2.05, 4.69) is 23.7 Å². The van der Waals surface area contributed by atoms with Gasteiger partial charge in [-0.25, -0.2) is 0 Å². The summed E-state index contributed by atoms with van der Waals surface area (Å²) < 4.78 is 11.5. The molecule has 0 saturated carbocycles. The van der Waals surface area contributed by atoms with E-state index in [1.165, 1.54) is 0 Å². The maximum Gasteiger partial charge on any atom is 0.145 e. The van der Waals surface area contributed by atoms with Gasteiger partial charge in [-0.1, -0.05) is 18.2 Å². The molecule has 1 fully saturated rings. The van der Waals surface area contributed by atoms with Crippen LogP contribution in [-0.4, -0.2) is 59.5 Å². The second kappa shape index (κ2) is 7.25. The third-order valence-electron chi connectivity index (χ3n) is 3.99. The summed E-state index contributed by atoms with van der Waals surface area (Å²) in [5.74, 6) is 0.714. The monoisotopic (exact) mass is 316 g/mol. The molecule has 3 atom stereocenters. The number of hydrogen-bond acceptors (Lipinski definition) is 5. The number of aliphatic hydroxyl groups excluding tert-OH is 1. The first-order chi connectivity index (χ1) is 11.1. The van der Waals surface area contributed by atoms with Crippen molar-refractivity contribution >= 4 is 10.9 Å². The smallest absolute Gasteiger partial charge is 0.145 e. The number of hydrogen-bond donors (Lipinski definition) is 1. The summed E-state index contributed by atoms with van der Waals surface area (Å²) in [6.45, 7) is 6.67. The minimum Gasteiger partial charge on any atom is -0.489 e. The van der Waals surface area contributed by atoms with Crippen molar-refractivity contribution in [2.24, 2.45) is 0 Å². The van der Waals surface area contributed by atoms with Gasteiger partial charge < -0.3 is 14.6 Å². The molecule has 1 aromatic carbocycles. The van der Waals surface area contributed by atoms with Crippen LogP contribution in [0.15, 0.2) is 36.5 Å². The first kappa shape index (κ1) is 16.2. The average Bonchev–Trinajstić information content (AvgIpc) is 2.52. The largest absolute Gasteiger partial charge is 0.489 e. The average molecular weight is 316 g/mol. The van der Waals surface area contributed by atoms with Gasteiger partial charge in [0.2, 0.25) is 0 Å². The SMILES string of the molecule is CC1CN(CC(O)COc2cccc3cccnc23)CC(C)O1. The van der Waals surface area contributed by atoms with Crippen LogP contribution in [-0.2, 0) is 4.74 Å². The summed E-state index contributed by atoms with van der Waals surface area (Å²) in [6, 6.07) is 9.74. The molecule has 23 heavy (non-hydrogen) atoms. The molecule has 2 aromatic rings. The molecule has 0 spiro atoms. The van der Waals surface area contributed by atoms with Crippen LogP contribution >= 0.6 is 0 Å². The van der Waals surface area contributed by atoms with Crippen LogP contribution in [0.4, 0.5) is 0 Å². The summed E-state index contributed by atoms with van der Waals surface area (Å²) in [6.07, 6.45) is 1.62. The Morgan fingerprint density at radius 2 is 2.00 bits per heavy atom. The van der Waals surface area contributed by atoms with Crippen molar-refractivity contribution in [2.75, 3.05) is 26.2 Å². The molecule has 3 unspecified atom stereocenters. The van der Waals surface area contributed by atoms with E-state index in [-0.39, 0.29) is 18.8 Å². The minimum atomic E-state index is -0.536. The zero-order valence-corrected chi connectivity index (χ0v) is 13.7. The van der Waals surface area contributed by atoms with Crippen LogP contribution in [0, 0.1) is 0 Å². The van der Waals surface area contributed by atoms with Crippen molar-refractivity contribution in [3.8, 4) is 5.75 Å². The predicted molar refractivity (Wildman–Crippen MR) is 89.7 cm³/mol. The third kappa shape index (κ3) is 4.19. The highest BCUT2D eigenvalue weighted by atomic mass is 16.5. The van der Waals surface area contributed by atoms with Gasteiger partial charge in [0.25, 0.3) is 0 Å². The first-order valence-electron chi connectivity index (χ1n) is 8.14. The molecule has 124 valence electrons. The second-order valence-corrected chi connectivity index (χ2v) is 6.27. The number of morpholine rings is 1. The van der Waals surface area contributed by atoms with E-state index in [0.29, 0.717) is 12.3 Å². The second-order valence-electron chi connectivity index (χ2n) is 6.27. The van der Waals surface area contributed by atoms with Gasteiger partial charge in [-0.15, -0.1) is 0 Å². The Kier molecular flexibility index (Phi) is 5.10. The van der Waals surface area contributed by atoms with Crippen LogP contribution in [0.5, 0.6) is 5.75 Å². The van der Waals surface area contributed by atoms with Crippen molar-refractivity contribution in [3.05, 3.63) is 36.5 Å². The Morgan fingerprint density at radius 3 is 2.78 bits per heavy atom. The number of pyridine rings is 1. The van der Waals surface area contributed by atoms with Crippen molar-refractivity contribution in [3.63, 3.8) is 0 Å². The highest BCUT2D eigenvalue weighted by Crippen LogP contribution is 2.23. The van der Waals surface area contributed by atoms with E-state index >= 15 is 0 Å². The lowest BCUT2D eigenvalue weighted by molar-refractivity contribution is -0.0786. The Balaban J connectivity index is 1.57. The van der Waals surface area contributed by atoms with E-state index in [9.17, 15) is 5.11 Å². The standard InChI is InChI=1S/C18H24N2O3/c1-13-9-20(10-14(2)23-13)11-16(21)12-22-17-7-3-5-15-6-4-8-19-18(15)17/h3-8,13-14,16,21H,9-12H2,1-2H3. The van der Waals surface area contributed by atoms with Crippen LogP contribution in [0.25, 0.3) is 10.9 Å². The lowest BCUT2D eigenvalue weighted by Gasteiger charge is -2.36. The number of nitrogens with zero attached hydrogens (tertiary/aromatic N) is 2. The zero-order valence-electron chi connectivity index (χ0n) is 13.7. The first-order valence-corrected chi connectivity index (χ1v) is 8.14. The summed E-state index contributed by atoms with van der Waals surface area (Å²) in [5.41, 5.74) is 0.829. The summed E-state index contributed by atoms with van der Waals surface area (Å²) in [7, 11) is 0. The van der Waals surface area contributed by atoms with Gasteiger partial charge in [-0.05, 0) is 26.0 Å². The molecule has 0 radical (unpaired) electrons. The van der Waals surface area contributed by atoms with Gasteiger partial charge in [0.1, 0.15) is 24.0 Å². The Hall–Kier alpha value is -1.69. The molecule has 0 amide bonds. The fraction of sp³-hybridized carbons (Fsp3) is 0.500. The van der Waals surface area contributed by atoms with Crippen LogP contribution in [0.1, 0.15) is 13.8 Å². The van der Waals surface area contributed by atoms with Crippen molar-refractivity contribution < 1.29 is 14.6 Å². The predicted octanol–water partition coefficient (Wildman–Crippen LogP) is 2.08. The number of aliphatic hydroxyl groups is 1. The van der Waals surface area contributed by atoms with Gasteiger partial charge in [0.15, 0.2) is 0 Å². The number of fused-ring (bicyclic) bond motifs is 1. The lowest BCUT2D eigenvalue weighted by Crippen LogP contribution is -2.48. The maximum atomic E-state index is 10.3. The lowest BCUT2D eigenvalue weighted by atomic mass is 10.2. The molecular weight excluding hydrogens is 292 g/mol. The van der Waals surface area contributed by atoms with Crippen molar-refractivity contribution in [1.29, 1.82) is 0 Å². The van der Waals surface area contributed by atoms with Gasteiger partial charge in [-0.2, -0.15) is 0 Å². The Bertz CT molecular complexity index is 634. The van der Waals surface area contributed by atoms with Crippen LogP contribution in [0.3, 0.4) is 0 Å². The molecular formula is C18H24N2O3. The molecule has 0 bridgehead atoms. The molecule has 1 saturated heterocycles. The van der Waals surface area contributed by atoms with Gasteiger partial charge >= 0.3 is 0 Å². The van der Waals surface area contributed by atoms with Crippen LogP contribution in [0.2, 0.25) is 0 Å². The van der Waals surface area contributed by atoms with E-state index in [1.54, 1.807) is 6.20 Å².